The van der Waals surface area contributed by atoms with E-state index in [2.05, 4.69) is 27.8 Å². The smallest absolute Gasteiger partial charge is 0.117 e. The first-order chi connectivity index (χ1) is 9.93. The third-order valence-corrected chi connectivity index (χ3v) is 4.03. The van der Waals surface area contributed by atoms with Crippen LogP contribution < -0.4 is 10.6 Å². The molecule has 3 N–H and O–H groups in total. The van der Waals surface area contributed by atoms with Crippen LogP contribution in [-0.4, -0.2) is 16.6 Å². The molecule has 0 saturated carbocycles. The quantitative estimate of drug-likeness (QED) is 0.795. The number of nitrogens with two attached hydrogens (primary N) is 1. The maximum absolute atomic E-state index is 9.77. The standard InChI is InChI=1S/C16H17BrN2OS/c1-3-19(15-9-12(20)6-4-10(15)2)14-7-5-11(17)8-13(14)16(18)21/h4-9,20H,3H2,1-2H3,(H2,18,21). The fraction of sp³-hybridized carbons (Fsp3) is 0.188. The summed E-state index contributed by atoms with van der Waals surface area (Å²) in [5.74, 6) is 0.239. The van der Waals surface area contributed by atoms with Gasteiger partial charge in [0.15, 0.2) is 0 Å². The van der Waals surface area contributed by atoms with Crippen LogP contribution in [0, 0.1) is 6.92 Å². The third-order valence-electron chi connectivity index (χ3n) is 3.31. The number of nitrogens with zero attached hydrogens (tertiary/aromatic N) is 1. The van der Waals surface area contributed by atoms with E-state index in [-0.39, 0.29) is 5.75 Å². The van der Waals surface area contributed by atoms with E-state index >= 15 is 0 Å². The van der Waals surface area contributed by atoms with E-state index in [1.807, 2.05) is 31.2 Å². The molecule has 0 spiro atoms. The van der Waals surface area contributed by atoms with Crippen molar-refractivity contribution >= 4 is 44.5 Å². The van der Waals surface area contributed by atoms with Crippen LogP contribution in [-0.2, 0) is 0 Å². The molecule has 0 unspecified atom stereocenters. The lowest BCUT2D eigenvalue weighted by Crippen LogP contribution is -2.22. The van der Waals surface area contributed by atoms with Gasteiger partial charge in [-0.1, -0.05) is 34.2 Å². The number of benzene rings is 2. The molecule has 0 bridgehead atoms. The van der Waals surface area contributed by atoms with Gasteiger partial charge in [0.2, 0.25) is 0 Å². The summed E-state index contributed by atoms with van der Waals surface area (Å²) in [4.78, 5) is 2.44. The second kappa shape index (κ2) is 6.45. The van der Waals surface area contributed by atoms with E-state index in [1.165, 1.54) is 0 Å². The van der Waals surface area contributed by atoms with Crippen molar-refractivity contribution < 1.29 is 5.11 Å². The van der Waals surface area contributed by atoms with Crippen LogP contribution in [0.3, 0.4) is 0 Å². The number of aryl methyl sites for hydroxylation is 1. The maximum atomic E-state index is 9.77. The van der Waals surface area contributed by atoms with E-state index in [1.54, 1.807) is 12.1 Å². The SMILES string of the molecule is CCN(c1cc(O)ccc1C)c1ccc(Br)cc1C(N)=S. The van der Waals surface area contributed by atoms with E-state index in [4.69, 9.17) is 18.0 Å². The second-order valence-corrected chi connectivity index (χ2v) is 6.10. The van der Waals surface area contributed by atoms with Crippen LogP contribution in [0.2, 0.25) is 0 Å². The van der Waals surface area contributed by atoms with Gasteiger partial charge in [0.1, 0.15) is 10.7 Å². The second-order valence-electron chi connectivity index (χ2n) is 4.74. The average molecular weight is 365 g/mol. The number of phenols is 1. The maximum Gasteiger partial charge on any atom is 0.117 e. The summed E-state index contributed by atoms with van der Waals surface area (Å²) >= 11 is 8.61. The van der Waals surface area contributed by atoms with Gasteiger partial charge in [0, 0.05) is 28.3 Å². The summed E-state index contributed by atoms with van der Waals surface area (Å²) in [6.45, 7) is 4.80. The molecule has 3 nitrogen and oxygen atoms in total. The number of hydrogen-bond donors (Lipinski definition) is 2. The normalized spacial score (nSPS) is 10.4. The Balaban J connectivity index is 2.61. The van der Waals surface area contributed by atoms with Crippen molar-refractivity contribution in [1.82, 2.24) is 0 Å². The molecule has 5 heteroatoms. The molecular formula is C16H17BrN2OS. The summed E-state index contributed by atoms with van der Waals surface area (Å²) in [7, 11) is 0. The molecule has 0 aliphatic heterocycles. The summed E-state index contributed by atoms with van der Waals surface area (Å²) in [5, 5.41) is 9.77. The van der Waals surface area contributed by atoms with Crippen molar-refractivity contribution in [2.45, 2.75) is 13.8 Å². The van der Waals surface area contributed by atoms with Gasteiger partial charge in [-0.05, 0) is 43.7 Å². The zero-order valence-electron chi connectivity index (χ0n) is 11.9. The van der Waals surface area contributed by atoms with Gasteiger partial charge in [-0.15, -0.1) is 0 Å². The minimum absolute atomic E-state index is 0.239. The van der Waals surface area contributed by atoms with Crippen molar-refractivity contribution in [3.63, 3.8) is 0 Å². The first-order valence-corrected chi connectivity index (χ1v) is 7.80. The van der Waals surface area contributed by atoms with Crippen LogP contribution in [0.4, 0.5) is 11.4 Å². The van der Waals surface area contributed by atoms with Crippen molar-refractivity contribution in [2.24, 2.45) is 5.73 Å². The molecule has 0 aliphatic rings. The lowest BCUT2D eigenvalue weighted by atomic mass is 10.1. The number of hydrogen-bond acceptors (Lipinski definition) is 3. The Hall–Kier alpha value is -1.59. The molecule has 0 radical (unpaired) electrons. The molecular weight excluding hydrogens is 348 g/mol. The highest BCUT2D eigenvalue weighted by Gasteiger charge is 2.16. The largest absolute Gasteiger partial charge is 0.508 e. The predicted octanol–water partition coefficient (Wildman–Crippen LogP) is 4.26. The summed E-state index contributed by atoms with van der Waals surface area (Å²) < 4.78 is 0.928. The molecule has 2 aromatic rings. The first kappa shape index (κ1) is 15.8. The van der Waals surface area contributed by atoms with Gasteiger partial charge >= 0.3 is 0 Å². The van der Waals surface area contributed by atoms with Crippen LogP contribution in [0.25, 0.3) is 0 Å². The minimum atomic E-state index is 0.239. The minimum Gasteiger partial charge on any atom is -0.508 e. The first-order valence-electron chi connectivity index (χ1n) is 6.60. The Morgan fingerprint density at radius 1 is 1.24 bits per heavy atom. The lowest BCUT2D eigenvalue weighted by molar-refractivity contribution is 0.475. The Morgan fingerprint density at radius 2 is 1.95 bits per heavy atom. The highest BCUT2D eigenvalue weighted by molar-refractivity contribution is 9.10. The highest BCUT2D eigenvalue weighted by atomic mass is 79.9. The van der Waals surface area contributed by atoms with Gasteiger partial charge in [0.05, 0.1) is 5.69 Å². The fourth-order valence-electron chi connectivity index (χ4n) is 2.30. The predicted molar refractivity (Wildman–Crippen MR) is 95.6 cm³/mol. The highest BCUT2D eigenvalue weighted by Crippen LogP contribution is 2.34. The van der Waals surface area contributed by atoms with Gasteiger partial charge in [0.25, 0.3) is 0 Å². The Bertz CT molecular complexity index is 688. The summed E-state index contributed by atoms with van der Waals surface area (Å²) in [5.41, 5.74) is 9.62. The van der Waals surface area contributed by atoms with Crippen LogP contribution >= 0.6 is 28.1 Å². The van der Waals surface area contributed by atoms with Crippen molar-refractivity contribution in [2.75, 3.05) is 11.4 Å². The summed E-state index contributed by atoms with van der Waals surface area (Å²) in [6.07, 6.45) is 0. The number of anilines is 2. The van der Waals surface area contributed by atoms with Crippen molar-refractivity contribution in [3.8, 4) is 5.75 Å². The van der Waals surface area contributed by atoms with Gasteiger partial charge in [-0.25, -0.2) is 0 Å². The summed E-state index contributed by atoms with van der Waals surface area (Å²) in [6, 6.07) is 11.2. The molecule has 0 fully saturated rings. The van der Waals surface area contributed by atoms with Crippen LogP contribution in [0.5, 0.6) is 5.75 Å². The lowest BCUT2D eigenvalue weighted by Gasteiger charge is -2.27. The molecule has 0 heterocycles. The number of halogens is 1. The van der Waals surface area contributed by atoms with Crippen LogP contribution in [0.15, 0.2) is 40.9 Å². The van der Waals surface area contributed by atoms with E-state index < -0.39 is 0 Å². The Kier molecular flexibility index (Phi) is 4.85. The molecule has 21 heavy (non-hydrogen) atoms. The number of aromatic hydroxyl groups is 1. The molecule has 2 aromatic carbocycles. The molecule has 0 amide bonds. The molecule has 0 aliphatic carbocycles. The topological polar surface area (TPSA) is 49.5 Å². The van der Waals surface area contributed by atoms with Gasteiger partial charge < -0.3 is 15.7 Å². The zero-order chi connectivity index (χ0) is 15.6. The number of phenolic OH excluding ortho intramolecular Hbond substituents is 1. The fourth-order valence-corrected chi connectivity index (χ4v) is 2.82. The number of rotatable bonds is 4. The Morgan fingerprint density at radius 3 is 2.57 bits per heavy atom. The Labute approximate surface area is 138 Å². The molecule has 0 saturated heterocycles. The molecule has 110 valence electrons. The zero-order valence-corrected chi connectivity index (χ0v) is 14.3. The molecule has 0 aromatic heterocycles. The van der Waals surface area contributed by atoms with E-state index in [0.29, 0.717) is 4.99 Å². The van der Waals surface area contributed by atoms with Crippen molar-refractivity contribution in [1.29, 1.82) is 0 Å². The van der Waals surface area contributed by atoms with E-state index in [9.17, 15) is 5.11 Å². The average Bonchev–Trinajstić information content (AvgIpc) is 2.44. The van der Waals surface area contributed by atoms with Crippen LogP contribution in [0.1, 0.15) is 18.1 Å². The monoisotopic (exact) mass is 364 g/mol. The van der Waals surface area contributed by atoms with Crippen molar-refractivity contribution in [3.05, 3.63) is 52.0 Å². The molecule has 2 rings (SSSR count). The number of thiocarbonyl (C=S) groups is 1. The molecule has 0 atom stereocenters. The van der Waals surface area contributed by atoms with Gasteiger partial charge in [-0.3, -0.25) is 0 Å². The van der Waals surface area contributed by atoms with E-state index in [0.717, 1.165) is 33.5 Å². The van der Waals surface area contributed by atoms with Gasteiger partial charge in [-0.2, -0.15) is 0 Å². The third kappa shape index (κ3) is 3.36.